The Balaban J connectivity index is 2.05. The first kappa shape index (κ1) is 13.4. The van der Waals surface area contributed by atoms with E-state index in [1.807, 2.05) is 5.38 Å². The van der Waals surface area contributed by atoms with Crippen LogP contribution in [0.4, 0.5) is 11.4 Å². The molecule has 1 aromatic heterocycles. The zero-order chi connectivity index (χ0) is 13.8. The highest BCUT2D eigenvalue weighted by Crippen LogP contribution is 2.18. The molecular weight excluding hydrogens is 258 g/mol. The van der Waals surface area contributed by atoms with Crippen LogP contribution >= 0.6 is 11.3 Å². The molecule has 0 unspecified atom stereocenters. The second-order valence-corrected chi connectivity index (χ2v) is 5.29. The number of nitrogens with one attached hydrogen (secondary N) is 1. The molecule has 1 amide bonds. The van der Waals surface area contributed by atoms with E-state index in [-0.39, 0.29) is 5.91 Å². The number of nitrogens with two attached hydrogens (primary N) is 2. The topological polar surface area (TPSA) is 81.1 Å². The van der Waals surface area contributed by atoms with Gasteiger partial charge in [-0.2, -0.15) is 0 Å². The van der Waals surface area contributed by atoms with E-state index in [1.165, 1.54) is 10.4 Å². The SMILES string of the molecule is CCc1ccsc1CNC(=O)c1cc(N)cc(N)c1. The zero-order valence-electron chi connectivity index (χ0n) is 10.8. The Morgan fingerprint density at radius 2 is 1.95 bits per heavy atom. The van der Waals surface area contributed by atoms with Crippen LogP contribution in [0.3, 0.4) is 0 Å². The molecule has 0 fully saturated rings. The Kier molecular flexibility index (Phi) is 4.06. The highest BCUT2D eigenvalue weighted by Gasteiger charge is 2.09. The summed E-state index contributed by atoms with van der Waals surface area (Å²) in [7, 11) is 0. The first-order valence-electron chi connectivity index (χ1n) is 6.09. The molecule has 0 saturated heterocycles. The van der Waals surface area contributed by atoms with E-state index in [0.717, 1.165) is 6.42 Å². The van der Waals surface area contributed by atoms with Gasteiger partial charge in [0.15, 0.2) is 0 Å². The number of hydrogen-bond acceptors (Lipinski definition) is 4. The normalized spacial score (nSPS) is 10.4. The fraction of sp³-hybridized carbons (Fsp3) is 0.214. The minimum Gasteiger partial charge on any atom is -0.399 e. The van der Waals surface area contributed by atoms with Crippen LogP contribution in [0.25, 0.3) is 0 Å². The summed E-state index contributed by atoms with van der Waals surface area (Å²) >= 11 is 1.65. The van der Waals surface area contributed by atoms with Crippen molar-refractivity contribution in [3.05, 3.63) is 45.6 Å². The molecule has 0 spiro atoms. The van der Waals surface area contributed by atoms with Crippen LogP contribution in [-0.4, -0.2) is 5.91 Å². The van der Waals surface area contributed by atoms with Crippen molar-refractivity contribution in [1.82, 2.24) is 5.32 Å². The van der Waals surface area contributed by atoms with Crippen LogP contribution in [0.2, 0.25) is 0 Å². The Labute approximate surface area is 116 Å². The van der Waals surface area contributed by atoms with Crippen molar-refractivity contribution >= 4 is 28.6 Å². The summed E-state index contributed by atoms with van der Waals surface area (Å²) in [5.74, 6) is -0.158. The molecule has 5 heteroatoms. The molecule has 1 heterocycles. The summed E-state index contributed by atoms with van der Waals surface area (Å²) in [5.41, 5.74) is 14.1. The number of aryl methyl sites for hydroxylation is 1. The van der Waals surface area contributed by atoms with Gasteiger partial charge in [0.1, 0.15) is 0 Å². The molecule has 1 aromatic carbocycles. The quantitative estimate of drug-likeness (QED) is 0.749. The van der Waals surface area contributed by atoms with Crippen molar-refractivity contribution < 1.29 is 4.79 Å². The average molecular weight is 275 g/mol. The van der Waals surface area contributed by atoms with Gasteiger partial charge in [0.2, 0.25) is 0 Å². The molecule has 19 heavy (non-hydrogen) atoms. The van der Waals surface area contributed by atoms with E-state index in [1.54, 1.807) is 29.5 Å². The van der Waals surface area contributed by atoms with Gasteiger partial charge < -0.3 is 16.8 Å². The Morgan fingerprint density at radius 1 is 1.26 bits per heavy atom. The first-order chi connectivity index (χ1) is 9.10. The summed E-state index contributed by atoms with van der Waals surface area (Å²) in [5, 5.41) is 4.93. The van der Waals surface area contributed by atoms with Crippen LogP contribution in [-0.2, 0) is 13.0 Å². The third-order valence-corrected chi connectivity index (χ3v) is 3.83. The number of carbonyl (C=O) groups is 1. The smallest absolute Gasteiger partial charge is 0.251 e. The summed E-state index contributed by atoms with van der Waals surface area (Å²) in [6, 6.07) is 6.97. The third-order valence-electron chi connectivity index (χ3n) is 2.87. The number of amides is 1. The summed E-state index contributed by atoms with van der Waals surface area (Å²) in [6.45, 7) is 2.64. The number of thiophene rings is 1. The van der Waals surface area contributed by atoms with Gasteiger partial charge >= 0.3 is 0 Å². The Morgan fingerprint density at radius 3 is 2.58 bits per heavy atom. The molecule has 2 rings (SSSR count). The lowest BCUT2D eigenvalue weighted by molar-refractivity contribution is 0.0951. The Bertz CT molecular complexity index is 572. The summed E-state index contributed by atoms with van der Waals surface area (Å²) in [4.78, 5) is 13.2. The number of hydrogen-bond donors (Lipinski definition) is 3. The van der Waals surface area contributed by atoms with Gasteiger partial charge in [-0.05, 0) is 41.6 Å². The lowest BCUT2D eigenvalue weighted by Gasteiger charge is -2.07. The van der Waals surface area contributed by atoms with Crippen LogP contribution in [0.1, 0.15) is 27.7 Å². The van der Waals surface area contributed by atoms with Crippen molar-refractivity contribution in [2.75, 3.05) is 11.5 Å². The summed E-state index contributed by atoms with van der Waals surface area (Å²) in [6.07, 6.45) is 0.972. The van der Waals surface area contributed by atoms with Gasteiger partial charge in [0, 0.05) is 21.8 Å². The van der Waals surface area contributed by atoms with Crippen LogP contribution < -0.4 is 16.8 Å². The molecule has 0 aliphatic carbocycles. The largest absolute Gasteiger partial charge is 0.399 e. The number of benzene rings is 1. The fourth-order valence-electron chi connectivity index (χ4n) is 1.91. The van der Waals surface area contributed by atoms with E-state index in [2.05, 4.69) is 18.3 Å². The molecule has 100 valence electrons. The number of anilines is 2. The fourth-order valence-corrected chi connectivity index (χ4v) is 2.82. The minimum absolute atomic E-state index is 0.158. The van der Waals surface area contributed by atoms with Crippen LogP contribution in [0.5, 0.6) is 0 Å². The maximum atomic E-state index is 12.0. The molecule has 0 bridgehead atoms. The highest BCUT2D eigenvalue weighted by atomic mass is 32.1. The van der Waals surface area contributed by atoms with E-state index in [9.17, 15) is 4.79 Å². The molecule has 0 radical (unpaired) electrons. The van der Waals surface area contributed by atoms with Crippen LogP contribution in [0, 0.1) is 0 Å². The van der Waals surface area contributed by atoms with Crippen molar-refractivity contribution in [3.63, 3.8) is 0 Å². The molecule has 0 aliphatic heterocycles. The lowest BCUT2D eigenvalue weighted by Crippen LogP contribution is -2.23. The number of rotatable bonds is 4. The molecule has 5 N–H and O–H groups in total. The van der Waals surface area contributed by atoms with E-state index in [4.69, 9.17) is 11.5 Å². The minimum atomic E-state index is -0.158. The van der Waals surface area contributed by atoms with Gasteiger partial charge in [-0.3, -0.25) is 4.79 Å². The van der Waals surface area contributed by atoms with Crippen molar-refractivity contribution in [2.45, 2.75) is 19.9 Å². The average Bonchev–Trinajstić information content (AvgIpc) is 2.82. The van der Waals surface area contributed by atoms with Crippen LogP contribution in [0.15, 0.2) is 29.6 Å². The van der Waals surface area contributed by atoms with Crippen molar-refractivity contribution in [3.8, 4) is 0 Å². The second-order valence-electron chi connectivity index (χ2n) is 4.29. The molecule has 2 aromatic rings. The first-order valence-corrected chi connectivity index (χ1v) is 6.97. The van der Waals surface area contributed by atoms with Crippen molar-refractivity contribution in [1.29, 1.82) is 0 Å². The predicted molar refractivity (Wildman–Crippen MR) is 80.1 cm³/mol. The monoisotopic (exact) mass is 275 g/mol. The number of carbonyl (C=O) groups excluding carboxylic acids is 1. The van der Waals surface area contributed by atoms with E-state index in [0.29, 0.717) is 23.5 Å². The zero-order valence-corrected chi connectivity index (χ0v) is 11.6. The van der Waals surface area contributed by atoms with Gasteiger partial charge in [0.25, 0.3) is 5.91 Å². The summed E-state index contributed by atoms with van der Waals surface area (Å²) < 4.78 is 0. The van der Waals surface area contributed by atoms with Gasteiger partial charge in [-0.15, -0.1) is 11.3 Å². The Hall–Kier alpha value is -2.01. The molecule has 0 aliphatic rings. The molecule has 4 nitrogen and oxygen atoms in total. The van der Waals surface area contributed by atoms with E-state index >= 15 is 0 Å². The van der Waals surface area contributed by atoms with E-state index < -0.39 is 0 Å². The van der Waals surface area contributed by atoms with Crippen molar-refractivity contribution in [2.24, 2.45) is 0 Å². The third kappa shape index (κ3) is 3.26. The van der Waals surface area contributed by atoms with Gasteiger partial charge in [0.05, 0.1) is 6.54 Å². The molecule has 0 saturated carbocycles. The van der Waals surface area contributed by atoms with Gasteiger partial charge in [-0.25, -0.2) is 0 Å². The molecular formula is C14H17N3OS. The predicted octanol–water partition coefficient (Wildman–Crippen LogP) is 2.40. The number of nitrogen functional groups attached to an aromatic ring is 2. The second kappa shape index (κ2) is 5.75. The lowest BCUT2D eigenvalue weighted by atomic mass is 10.1. The maximum Gasteiger partial charge on any atom is 0.251 e. The molecule has 0 atom stereocenters. The maximum absolute atomic E-state index is 12.0. The standard InChI is InChI=1S/C14H17N3OS/c1-2-9-3-4-19-13(9)8-17-14(18)10-5-11(15)7-12(16)6-10/h3-7H,2,8,15-16H2,1H3,(H,17,18). The highest BCUT2D eigenvalue weighted by molar-refractivity contribution is 7.10. The van der Waals surface area contributed by atoms with Gasteiger partial charge in [-0.1, -0.05) is 6.92 Å².